The molecule has 0 spiro atoms. The van der Waals surface area contributed by atoms with Gasteiger partial charge in [-0.3, -0.25) is 4.90 Å². The van der Waals surface area contributed by atoms with Gasteiger partial charge in [0.1, 0.15) is 0 Å². The van der Waals surface area contributed by atoms with Crippen LogP contribution in [0.4, 0.5) is 5.69 Å². The number of likely N-dealkylation sites (tertiary alicyclic amines) is 1. The fourth-order valence-corrected chi connectivity index (χ4v) is 3.57. The van der Waals surface area contributed by atoms with Crippen LogP contribution in [0, 0.1) is 0 Å². The second-order valence-electron chi connectivity index (χ2n) is 6.57. The first-order valence-electron chi connectivity index (χ1n) is 8.78. The second kappa shape index (κ2) is 7.68. The van der Waals surface area contributed by atoms with Crippen molar-refractivity contribution in [2.24, 2.45) is 0 Å². The summed E-state index contributed by atoms with van der Waals surface area (Å²) < 4.78 is 0. The van der Waals surface area contributed by atoms with Crippen LogP contribution in [0.5, 0.6) is 0 Å². The summed E-state index contributed by atoms with van der Waals surface area (Å²) >= 11 is 0. The molecule has 2 aliphatic heterocycles. The number of anilines is 1. The van der Waals surface area contributed by atoms with Gasteiger partial charge in [0.05, 0.1) is 0 Å². The minimum atomic E-state index is 1.06. The van der Waals surface area contributed by atoms with Crippen molar-refractivity contribution in [3.8, 4) is 0 Å². The van der Waals surface area contributed by atoms with E-state index in [1.54, 1.807) is 0 Å². The molecule has 0 unspecified atom stereocenters. The summed E-state index contributed by atoms with van der Waals surface area (Å²) in [5, 5.41) is 0. The van der Waals surface area contributed by atoms with Crippen molar-refractivity contribution in [1.82, 2.24) is 9.80 Å². The third-order valence-electron chi connectivity index (χ3n) is 4.95. The van der Waals surface area contributed by atoms with Crippen LogP contribution in [0.15, 0.2) is 42.6 Å². The maximum atomic E-state index is 4.37. The van der Waals surface area contributed by atoms with E-state index >= 15 is 0 Å². The molecule has 0 saturated carbocycles. The highest BCUT2D eigenvalue weighted by atomic mass is 15.3. The summed E-state index contributed by atoms with van der Waals surface area (Å²) in [5.41, 5.74) is 2.66. The number of rotatable bonds is 4. The Hall–Kier alpha value is -1.48. The molecule has 22 heavy (non-hydrogen) atoms. The van der Waals surface area contributed by atoms with E-state index in [2.05, 4.69) is 51.6 Å². The molecule has 0 atom stereocenters. The van der Waals surface area contributed by atoms with Crippen molar-refractivity contribution in [2.75, 3.05) is 50.7 Å². The number of hydrogen-bond donors (Lipinski definition) is 0. The third-order valence-corrected chi connectivity index (χ3v) is 4.95. The van der Waals surface area contributed by atoms with E-state index < -0.39 is 0 Å². The number of nitrogens with zero attached hydrogens (tertiary/aromatic N) is 3. The molecule has 0 aromatic heterocycles. The highest BCUT2D eigenvalue weighted by molar-refractivity contribution is 5.46. The molecule has 0 amide bonds. The van der Waals surface area contributed by atoms with Gasteiger partial charge in [0, 0.05) is 44.1 Å². The van der Waals surface area contributed by atoms with Gasteiger partial charge in [-0.1, -0.05) is 37.6 Å². The molecule has 3 rings (SSSR count). The summed E-state index contributed by atoms with van der Waals surface area (Å²) in [4.78, 5) is 7.57. The van der Waals surface area contributed by atoms with E-state index in [1.165, 1.54) is 50.2 Å². The maximum absolute atomic E-state index is 4.37. The maximum Gasteiger partial charge on any atom is 0.0377 e. The molecule has 2 aliphatic rings. The Kier molecular flexibility index (Phi) is 5.38. The molecule has 2 saturated heterocycles. The van der Waals surface area contributed by atoms with Crippen LogP contribution in [-0.2, 0) is 0 Å². The number of hydrogen-bond acceptors (Lipinski definition) is 3. The molecular weight excluding hydrogens is 270 g/mol. The predicted molar refractivity (Wildman–Crippen MR) is 94.3 cm³/mol. The highest BCUT2D eigenvalue weighted by Crippen LogP contribution is 2.18. The third kappa shape index (κ3) is 4.04. The van der Waals surface area contributed by atoms with Crippen LogP contribution in [0.3, 0.4) is 0 Å². The molecule has 120 valence electrons. The SMILES string of the molecule is C=C(CN1CCCCCC1)N1CCN(c2ccccc2)CC1. The van der Waals surface area contributed by atoms with Crippen molar-refractivity contribution >= 4 is 5.69 Å². The number of piperazine rings is 1. The molecular formula is C19H29N3. The zero-order valence-electron chi connectivity index (χ0n) is 13.7. The summed E-state index contributed by atoms with van der Waals surface area (Å²) in [6, 6.07) is 10.8. The van der Waals surface area contributed by atoms with Crippen molar-refractivity contribution < 1.29 is 0 Å². The lowest BCUT2D eigenvalue weighted by molar-refractivity contribution is 0.248. The summed E-state index contributed by atoms with van der Waals surface area (Å²) in [6.45, 7) is 12.3. The lowest BCUT2D eigenvalue weighted by Gasteiger charge is -2.39. The lowest BCUT2D eigenvalue weighted by atomic mass is 10.2. The Labute approximate surface area is 135 Å². The Morgan fingerprint density at radius 3 is 2.09 bits per heavy atom. The molecule has 1 aromatic carbocycles. The fourth-order valence-electron chi connectivity index (χ4n) is 3.57. The quantitative estimate of drug-likeness (QED) is 0.845. The van der Waals surface area contributed by atoms with Crippen molar-refractivity contribution in [3.05, 3.63) is 42.6 Å². The first-order valence-corrected chi connectivity index (χ1v) is 8.78. The first-order chi connectivity index (χ1) is 10.8. The molecule has 0 aliphatic carbocycles. The van der Waals surface area contributed by atoms with Crippen molar-refractivity contribution in [1.29, 1.82) is 0 Å². The normalized spacial score (nSPS) is 20.7. The predicted octanol–water partition coefficient (Wildman–Crippen LogP) is 3.20. The van der Waals surface area contributed by atoms with Crippen LogP contribution in [0.25, 0.3) is 0 Å². The van der Waals surface area contributed by atoms with Gasteiger partial charge in [0.15, 0.2) is 0 Å². The molecule has 0 bridgehead atoms. The fraction of sp³-hybridized carbons (Fsp3) is 0.579. The number of para-hydroxylation sites is 1. The van der Waals surface area contributed by atoms with Gasteiger partial charge >= 0.3 is 0 Å². The molecule has 2 fully saturated rings. The van der Waals surface area contributed by atoms with Gasteiger partial charge < -0.3 is 9.80 Å². The van der Waals surface area contributed by atoms with E-state index in [0.717, 1.165) is 32.7 Å². The summed E-state index contributed by atoms with van der Waals surface area (Å²) in [7, 11) is 0. The van der Waals surface area contributed by atoms with Gasteiger partial charge in [0.2, 0.25) is 0 Å². The molecule has 3 nitrogen and oxygen atoms in total. The second-order valence-corrected chi connectivity index (χ2v) is 6.57. The zero-order chi connectivity index (χ0) is 15.2. The van der Waals surface area contributed by atoms with Gasteiger partial charge in [-0.25, -0.2) is 0 Å². The van der Waals surface area contributed by atoms with Crippen LogP contribution < -0.4 is 4.90 Å². The average Bonchev–Trinajstić information content (AvgIpc) is 2.84. The highest BCUT2D eigenvalue weighted by Gasteiger charge is 2.19. The van der Waals surface area contributed by atoms with E-state index in [4.69, 9.17) is 0 Å². The molecule has 0 N–H and O–H groups in total. The van der Waals surface area contributed by atoms with Gasteiger partial charge in [-0.15, -0.1) is 0 Å². The first kappa shape index (κ1) is 15.4. The smallest absolute Gasteiger partial charge is 0.0377 e. The molecule has 3 heteroatoms. The Morgan fingerprint density at radius 1 is 0.818 bits per heavy atom. The minimum Gasteiger partial charge on any atom is -0.371 e. The van der Waals surface area contributed by atoms with Gasteiger partial charge in [0.25, 0.3) is 0 Å². The van der Waals surface area contributed by atoms with Crippen LogP contribution in [0.2, 0.25) is 0 Å². The van der Waals surface area contributed by atoms with Crippen LogP contribution >= 0.6 is 0 Å². The molecule has 0 radical (unpaired) electrons. The van der Waals surface area contributed by atoms with E-state index in [1.807, 2.05) is 0 Å². The average molecular weight is 299 g/mol. The van der Waals surface area contributed by atoms with Crippen LogP contribution in [0.1, 0.15) is 25.7 Å². The van der Waals surface area contributed by atoms with E-state index in [9.17, 15) is 0 Å². The monoisotopic (exact) mass is 299 g/mol. The van der Waals surface area contributed by atoms with Gasteiger partial charge in [-0.05, 0) is 38.1 Å². The van der Waals surface area contributed by atoms with E-state index in [0.29, 0.717) is 0 Å². The largest absolute Gasteiger partial charge is 0.371 e. The lowest BCUT2D eigenvalue weighted by Crippen LogP contribution is -2.47. The minimum absolute atomic E-state index is 1.06. The Balaban J connectivity index is 1.47. The Bertz CT molecular complexity index is 455. The summed E-state index contributed by atoms with van der Waals surface area (Å²) in [5.74, 6) is 0. The standard InChI is InChI=1S/C19H29N3/c1-18(17-20-11-7-2-3-8-12-20)21-13-15-22(16-14-21)19-9-5-4-6-10-19/h4-6,9-10H,1-3,7-8,11-17H2. The topological polar surface area (TPSA) is 9.72 Å². The Morgan fingerprint density at radius 2 is 1.45 bits per heavy atom. The molecule has 1 aromatic rings. The van der Waals surface area contributed by atoms with E-state index in [-0.39, 0.29) is 0 Å². The van der Waals surface area contributed by atoms with Gasteiger partial charge in [-0.2, -0.15) is 0 Å². The zero-order valence-corrected chi connectivity index (χ0v) is 13.7. The van der Waals surface area contributed by atoms with Crippen molar-refractivity contribution in [2.45, 2.75) is 25.7 Å². The number of benzene rings is 1. The van der Waals surface area contributed by atoms with Crippen LogP contribution in [-0.4, -0.2) is 55.6 Å². The van der Waals surface area contributed by atoms with Crippen molar-refractivity contribution in [3.63, 3.8) is 0 Å². The molecule has 2 heterocycles. The summed E-state index contributed by atoms with van der Waals surface area (Å²) in [6.07, 6.45) is 5.52.